The smallest absolute Gasteiger partial charge is 0.0548 e. The summed E-state index contributed by atoms with van der Waals surface area (Å²) in [6.45, 7) is 0. The molecule has 0 saturated carbocycles. The average Bonchev–Trinajstić information content (AvgIpc) is 1.55. The molecule has 0 radical (unpaired) electrons. The van der Waals surface area contributed by atoms with E-state index >= 15 is 0 Å². The molecule has 0 saturated heterocycles. The Morgan fingerprint density at radius 2 is 0.265 bits per heavy atom. The summed E-state index contributed by atoms with van der Waals surface area (Å²) in [5.74, 6) is 0. The van der Waals surface area contributed by atoms with Gasteiger partial charge in [0.2, 0.25) is 0 Å². The molecule has 0 aliphatic heterocycles. The Kier molecular flexibility index (Phi) is 18.8. The molecule has 21 aromatic carbocycles. The van der Waals surface area contributed by atoms with Crippen LogP contribution in [-0.2, 0) is 0 Å². The monoisotopic (exact) mass is 1680 g/mol. The van der Waals surface area contributed by atoms with Gasteiger partial charge in [-0.05, 0) is 212 Å². The Morgan fingerprint density at radius 1 is 0.0909 bits per heavy atom. The van der Waals surface area contributed by atoms with Crippen LogP contribution in [-0.4, -0.2) is 27.4 Å². The lowest BCUT2D eigenvalue weighted by molar-refractivity contribution is 1.17. The van der Waals surface area contributed by atoms with Gasteiger partial charge in [-0.2, -0.15) is 0 Å². The lowest BCUT2D eigenvalue weighted by Crippen LogP contribution is -1.95. The molecule has 6 aromatic heterocycles. The van der Waals surface area contributed by atoms with Crippen LogP contribution in [0.5, 0.6) is 0 Å². The number of benzene rings is 21. The van der Waals surface area contributed by atoms with E-state index in [2.05, 4.69) is 537 Å². The van der Waals surface area contributed by atoms with Crippen LogP contribution >= 0.6 is 0 Å². The van der Waals surface area contributed by atoms with Gasteiger partial charge in [0, 0.05) is 98.8 Å². The predicted octanol–water partition coefficient (Wildman–Crippen LogP) is 33.6. The molecule has 0 bridgehead atoms. The fourth-order valence-electron chi connectivity index (χ4n) is 20.9. The van der Waals surface area contributed by atoms with Gasteiger partial charge < -0.3 is 27.4 Å². The van der Waals surface area contributed by atoms with Gasteiger partial charge in [-0.3, -0.25) is 0 Å². The van der Waals surface area contributed by atoms with Gasteiger partial charge in [0.05, 0.1) is 66.2 Å². The van der Waals surface area contributed by atoms with E-state index in [0.29, 0.717) is 0 Å². The Labute approximate surface area is 763 Å². The van der Waals surface area contributed by atoms with Crippen molar-refractivity contribution in [2.45, 2.75) is 0 Å². The summed E-state index contributed by atoms with van der Waals surface area (Å²) in [5, 5.41) is 15.3. The SMILES string of the molecule is c1ccc(-c2ccc(-n3c4ccccc4c4c5c6ccc(-c7ccccc7)cc6n(-c6ccccc6)c5ccc43)cc2)cc1.c1ccc(-c2cccc(-n3c4cc(-c5ccccc5)ccc4c4c5c6ccccc6n(-c6ccccc6)c5ccc43)c2)cc1.c1ccc(-c2cccc(-n3c4ccccc4c4c5c6ccc(-c7ccccc7)cc6n(-c6ccccc6)c5ccc43)c2)cc1. The molecule has 618 valence electrons. The van der Waals surface area contributed by atoms with Crippen LogP contribution in [0.25, 0.3) is 232 Å². The normalized spacial score (nSPS) is 11.6. The molecule has 6 nitrogen and oxygen atoms in total. The quantitative estimate of drug-likeness (QED) is 0.117. The van der Waals surface area contributed by atoms with Crippen LogP contribution in [0.15, 0.2) is 510 Å². The molecule has 0 atom stereocenters. The fourth-order valence-corrected chi connectivity index (χ4v) is 20.9. The zero-order chi connectivity index (χ0) is 87.1. The maximum atomic E-state index is 2.46. The second-order valence-corrected chi connectivity index (χ2v) is 34.2. The molecule has 0 aliphatic carbocycles. The maximum absolute atomic E-state index is 2.46. The van der Waals surface area contributed by atoms with E-state index in [0.717, 1.165) is 28.4 Å². The third kappa shape index (κ3) is 13.0. The van der Waals surface area contributed by atoms with Crippen LogP contribution in [0, 0.1) is 0 Å². The van der Waals surface area contributed by atoms with E-state index in [4.69, 9.17) is 0 Å². The van der Waals surface area contributed by atoms with Gasteiger partial charge in [-0.15, -0.1) is 0 Å². The zero-order valence-electron chi connectivity index (χ0n) is 72.2. The summed E-state index contributed by atoms with van der Waals surface area (Å²) in [5.41, 5.74) is 36.1. The van der Waals surface area contributed by atoms with E-state index in [1.54, 1.807) is 0 Å². The molecule has 27 rings (SSSR count). The summed E-state index contributed by atoms with van der Waals surface area (Å²) >= 11 is 0. The maximum Gasteiger partial charge on any atom is 0.0548 e. The van der Waals surface area contributed by atoms with Gasteiger partial charge in [0.1, 0.15) is 0 Å². The van der Waals surface area contributed by atoms with Crippen molar-refractivity contribution < 1.29 is 0 Å². The molecule has 27 aromatic rings. The second-order valence-electron chi connectivity index (χ2n) is 34.2. The fraction of sp³-hybridized carbons (Fsp3) is 0. The summed E-state index contributed by atoms with van der Waals surface area (Å²) in [7, 11) is 0. The number of hydrogen-bond donors (Lipinski definition) is 0. The minimum Gasteiger partial charge on any atom is -0.309 e. The Hall–Kier alpha value is -17.6. The van der Waals surface area contributed by atoms with Crippen molar-refractivity contribution in [2.75, 3.05) is 0 Å². The van der Waals surface area contributed by atoms with Gasteiger partial charge in [0.15, 0.2) is 0 Å². The first kappa shape index (κ1) is 76.8. The first-order valence-electron chi connectivity index (χ1n) is 45.4. The molecule has 0 unspecified atom stereocenters. The van der Waals surface area contributed by atoms with Crippen LogP contribution < -0.4 is 0 Å². The van der Waals surface area contributed by atoms with Crippen molar-refractivity contribution in [1.29, 1.82) is 0 Å². The van der Waals surface area contributed by atoms with Crippen molar-refractivity contribution in [3.63, 3.8) is 0 Å². The van der Waals surface area contributed by atoms with Gasteiger partial charge in [-0.1, -0.05) is 364 Å². The van der Waals surface area contributed by atoms with E-state index in [1.807, 2.05) is 0 Å². The number of para-hydroxylation sites is 6. The van der Waals surface area contributed by atoms with Crippen LogP contribution in [0.3, 0.4) is 0 Å². The highest BCUT2D eigenvalue weighted by Gasteiger charge is 2.27. The van der Waals surface area contributed by atoms with Crippen molar-refractivity contribution in [3.8, 4) is 101 Å². The van der Waals surface area contributed by atoms with E-state index in [-0.39, 0.29) is 0 Å². The molecule has 6 heteroatoms. The Balaban J connectivity index is 0.000000106. The van der Waals surface area contributed by atoms with Crippen LogP contribution in [0.2, 0.25) is 0 Å². The third-order valence-corrected chi connectivity index (χ3v) is 26.7. The van der Waals surface area contributed by atoms with Crippen LogP contribution in [0.4, 0.5) is 0 Å². The molecule has 0 spiro atoms. The molecule has 6 heterocycles. The summed E-state index contributed by atoms with van der Waals surface area (Å²) in [6.07, 6.45) is 0. The first-order valence-corrected chi connectivity index (χ1v) is 45.4. The van der Waals surface area contributed by atoms with Crippen molar-refractivity contribution in [1.82, 2.24) is 27.4 Å². The highest BCUT2D eigenvalue weighted by molar-refractivity contribution is 6.32. The molecule has 0 fully saturated rings. The number of aromatic nitrogens is 6. The molecule has 132 heavy (non-hydrogen) atoms. The van der Waals surface area contributed by atoms with E-state index in [1.165, 1.54) is 203 Å². The van der Waals surface area contributed by atoms with E-state index < -0.39 is 0 Å². The highest BCUT2D eigenvalue weighted by Crippen LogP contribution is 2.49. The minimum atomic E-state index is 1.16. The largest absolute Gasteiger partial charge is 0.309 e. The second kappa shape index (κ2) is 32.4. The number of hydrogen-bond acceptors (Lipinski definition) is 0. The lowest BCUT2D eigenvalue weighted by Gasteiger charge is -2.11. The zero-order valence-corrected chi connectivity index (χ0v) is 72.2. The Morgan fingerprint density at radius 3 is 0.545 bits per heavy atom. The van der Waals surface area contributed by atoms with Gasteiger partial charge in [-0.25, -0.2) is 0 Å². The number of rotatable bonds is 12. The molecular weight excluding hydrogens is 1600 g/mol. The van der Waals surface area contributed by atoms with E-state index in [9.17, 15) is 0 Å². The third-order valence-electron chi connectivity index (χ3n) is 26.7. The van der Waals surface area contributed by atoms with Gasteiger partial charge >= 0.3 is 0 Å². The van der Waals surface area contributed by atoms with Gasteiger partial charge in [0.25, 0.3) is 0 Å². The van der Waals surface area contributed by atoms with Crippen molar-refractivity contribution in [2.24, 2.45) is 0 Å². The topological polar surface area (TPSA) is 29.6 Å². The average molecular weight is 1680 g/mol. The first-order chi connectivity index (χ1) is 65.5. The highest BCUT2D eigenvalue weighted by atomic mass is 15.0. The molecule has 0 amide bonds. The summed E-state index contributed by atoms with van der Waals surface area (Å²) in [4.78, 5) is 0. The van der Waals surface area contributed by atoms with Crippen molar-refractivity contribution in [3.05, 3.63) is 510 Å². The number of nitrogens with zero attached hydrogens (tertiary/aromatic N) is 6. The summed E-state index contributed by atoms with van der Waals surface area (Å²) < 4.78 is 14.6. The minimum absolute atomic E-state index is 1.16. The molecular formula is C126H84N6. The standard InChI is InChI=1S/3C42H28N2/c1-4-13-29(14-5-1)31-17-12-20-34(27-31)44-37-22-11-10-21-35(37)41-39(44)26-25-38-42(41)36-24-23-32(30-15-6-2-7-16-30)28-40(36)43(38)33-18-8-3-9-19-33;1-4-13-29(14-5-1)31-17-12-20-34(27-31)44-39-26-25-38-41(35-21-10-11-22-37(35)43(38)33-18-8-3-9-19-33)42(39)36-24-23-32(28-40(36)44)30-15-6-2-7-16-30;1-4-12-29(13-5-1)31-20-23-34(24-21-31)43-37-19-11-10-18-35(37)41-38(43)26-27-39-42(41)36-25-22-32(30-14-6-2-7-15-30)28-40(36)44(39)33-16-8-3-9-17-33/h3*1-28H. The molecule has 0 aliphatic rings. The summed E-state index contributed by atoms with van der Waals surface area (Å²) in [6, 6.07) is 184. The predicted molar refractivity (Wildman–Crippen MR) is 558 cm³/mol. The van der Waals surface area contributed by atoms with Crippen molar-refractivity contribution >= 4 is 131 Å². The molecule has 0 N–H and O–H groups in total. The lowest BCUT2D eigenvalue weighted by atomic mass is 10.0. The van der Waals surface area contributed by atoms with Crippen LogP contribution in [0.1, 0.15) is 0 Å². The number of fused-ring (bicyclic) bond motifs is 21. The Bertz CT molecular complexity index is 9060.